The highest BCUT2D eigenvalue weighted by Crippen LogP contribution is 2.07. The summed E-state index contributed by atoms with van der Waals surface area (Å²) < 4.78 is 0. The van der Waals surface area contributed by atoms with Gasteiger partial charge in [-0.3, -0.25) is 14.5 Å². The highest BCUT2D eigenvalue weighted by Gasteiger charge is 2.18. The van der Waals surface area contributed by atoms with E-state index in [1.807, 2.05) is 0 Å². The number of nitrogens with one attached hydrogen (secondary N) is 2. The van der Waals surface area contributed by atoms with Crippen molar-refractivity contribution in [1.82, 2.24) is 15.5 Å². The van der Waals surface area contributed by atoms with Gasteiger partial charge in [0.25, 0.3) is 0 Å². The van der Waals surface area contributed by atoms with E-state index in [0.717, 1.165) is 38.8 Å². The Bertz CT molecular complexity index is 356. The van der Waals surface area contributed by atoms with Crippen LogP contribution in [0.4, 0.5) is 0 Å². The Morgan fingerprint density at radius 2 is 1.83 bits per heavy atom. The molecule has 6 N–H and O–H groups in total. The lowest BCUT2D eigenvalue weighted by molar-refractivity contribution is -0.122. The molecule has 2 amide bonds. The zero-order chi connectivity index (χ0) is 17.1. The molecule has 0 bridgehead atoms. The molecule has 1 rings (SSSR count). The van der Waals surface area contributed by atoms with Crippen molar-refractivity contribution in [3.63, 3.8) is 0 Å². The number of hydrogen-bond acceptors (Lipinski definition) is 5. The number of nitrogens with two attached hydrogens (primary N) is 2. The van der Waals surface area contributed by atoms with Gasteiger partial charge < -0.3 is 22.1 Å². The van der Waals surface area contributed by atoms with Crippen molar-refractivity contribution in [2.24, 2.45) is 11.5 Å². The first-order valence-electron chi connectivity index (χ1n) is 8.80. The van der Waals surface area contributed by atoms with Crippen molar-refractivity contribution in [3.8, 4) is 0 Å². The number of hydrogen-bond donors (Lipinski definition) is 4. The minimum atomic E-state index is -0.493. The van der Waals surface area contributed by atoms with E-state index < -0.39 is 6.04 Å². The van der Waals surface area contributed by atoms with Gasteiger partial charge in [0.1, 0.15) is 0 Å². The monoisotopic (exact) mass is 327 g/mol. The number of unbranched alkanes of at least 4 members (excludes halogenated alkanes) is 1. The molecule has 0 aromatic rings. The molecular weight excluding hydrogens is 294 g/mol. The van der Waals surface area contributed by atoms with Crippen LogP contribution in [-0.2, 0) is 9.59 Å². The highest BCUT2D eigenvalue weighted by molar-refractivity contribution is 5.81. The van der Waals surface area contributed by atoms with Crippen LogP contribution in [0.25, 0.3) is 0 Å². The Balaban J connectivity index is 2.05. The van der Waals surface area contributed by atoms with Crippen molar-refractivity contribution in [2.75, 3.05) is 32.7 Å². The maximum atomic E-state index is 11.9. The van der Waals surface area contributed by atoms with E-state index in [9.17, 15) is 9.59 Å². The lowest BCUT2D eigenvalue weighted by atomic mass is 10.1. The molecule has 1 saturated heterocycles. The van der Waals surface area contributed by atoms with E-state index in [-0.39, 0.29) is 17.9 Å². The predicted octanol–water partition coefficient (Wildman–Crippen LogP) is -0.450. The van der Waals surface area contributed by atoms with Gasteiger partial charge in [0, 0.05) is 32.2 Å². The molecule has 1 heterocycles. The van der Waals surface area contributed by atoms with Crippen molar-refractivity contribution < 1.29 is 9.59 Å². The molecule has 0 unspecified atom stereocenters. The molecule has 0 aliphatic carbocycles. The summed E-state index contributed by atoms with van der Waals surface area (Å²) in [4.78, 5) is 25.7. The van der Waals surface area contributed by atoms with E-state index in [0.29, 0.717) is 32.5 Å². The fraction of sp³-hybridized carbons (Fsp3) is 0.875. The average Bonchev–Trinajstić information content (AvgIpc) is 2.53. The van der Waals surface area contributed by atoms with Crippen LogP contribution < -0.4 is 22.1 Å². The minimum absolute atomic E-state index is 0.0291. The number of carbonyl (C=O) groups excluding carboxylic acids is 2. The molecule has 23 heavy (non-hydrogen) atoms. The Morgan fingerprint density at radius 3 is 2.48 bits per heavy atom. The van der Waals surface area contributed by atoms with Crippen LogP contribution in [0.1, 0.15) is 45.4 Å². The van der Waals surface area contributed by atoms with Gasteiger partial charge in [-0.2, -0.15) is 0 Å². The molecule has 0 saturated carbocycles. The molecule has 1 atom stereocenters. The summed E-state index contributed by atoms with van der Waals surface area (Å²) in [6, 6.07) is -0.216. The van der Waals surface area contributed by atoms with Crippen LogP contribution in [0.15, 0.2) is 0 Å². The second-order valence-electron chi connectivity index (χ2n) is 6.36. The third kappa shape index (κ3) is 8.88. The van der Waals surface area contributed by atoms with E-state index in [2.05, 4.69) is 22.5 Å². The molecular formula is C16H33N5O2. The Hall–Kier alpha value is -1.18. The number of likely N-dealkylation sites (tertiary alicyclic amines) is 1. The normalized spacial score (nSPS) is 17.7. The summed E-state index contributed by atoms with van der Waals surface area (Å²) in [7, 11) is 0. The smallest absolute Gasteiger partial charge is 0.236 e. The summed E-state index contributed by atoms with van der Waals surface area (Å²) in [5.41, 5.74) is 11.7. The summed E-state index contributed by atoms with van der Waals surface area (Å²) in [6.45, 7) is 5.51. The van der Waals surface area contributed by atoms with E-state index in [1.54, 1.807) is 0 Å². The zero-order valence-electron chi connectivity index (χ0n) is 14.4. The standard InChI is InChI=1S/C16H33N5O2/c1-2-3-8-20-16(23)14(18)5-4-9-19-15(22)12-21-10-6-13(17)7-11-21/h13-14H,2-12,17-18H2,1H3,(H,19,22)(H,20,23)/t14-/m1/s1. The van der Waals surface area contributed by atoms with E-state index in [1.165, 1.54) is 0 Å². The van der Waals surface area contributed by atoms with Crippen LogP contribution in [-0.4, -0.2) is 61.5 Å². The first-order chi connectivity index (χ1) is 11.0. The second-order valence-corrected chi connectivity index (χ2v) is 6.36. The molecule has 1 fully saturated rings. The molecule has 7 nitrogen and oxygen atoms in total. The molecule has 0 aromatic carbocycles. The first-order valence-corrected chi connectivity index (χ1v) is 8.80. The highest BCUT2D eigenvalue weighted by atomic mass is 16.2. The van der Waals surface area contributed by atoms with Crippen LogP contribution >= 0.6 is 0 Å². The first kappa shape index (κ1) is 19.9. The van der Waals surface area contributed by atoms with Crippen LogP contribution in [0.5, 0.6) is 0 Å². The fourth-order valence-electron chi connectivity index (χ4n) is 2.57. The predicted molar refractivity (Wildman–Crippen MR) is 91.8 cm³/mol. The largest absolute Gasteiger partial charge is 0.355 e. The van der Waals surface area contributed by atoms with Gasteiger partial charge in [-0.25, -0.2) is 0 Å². The van der Waals surface area contributed by atoms with Gasteiger partial charge in [0.2, 0.25) is 11.8 Å². The summed E-state index contributed by atoms with van der Waals surface area (Å²) in [6.07, 6.45) is 5.21. The molecule has 0 spiro atoms. The number of carbonyl (C=O) groups is 2. The second kappa shape index (κ2) is 11.4. The average molecular weight is 327 g/mol. The maximum absolute atomic E-state index is 11.9. The van der Waals surface area contributed by atoms with Gasteiger partial charge >= 0.3 is 0 Å². The fourth-order valence-corrected chi connectivity index (χ4v) is 2.57. The quantitative estimate of drug-likeness (QED) is 0.406. The summed E-state index contributed by atoms with van der Waals surface area (Å²) in [5, 5.41) is 5.71. The SMILES string of the molecule is CCCCNC(=O)[C@H](N)CCCNC(=O)CN1CCC(N)CC1. The Labute approximate surface area is 139 Å². The van der Waals surface area contributed by atoms with Crippen LogP contribution in [0, 0.1) is 0 Å². The number of nitrogens with zero attached hydrogens (tertiary/aromatic N) is 1. The molecule has 0 aromatic heterocycles. The summed E-state index contributed by atoms with van der Waals surface area (Å²) >= 11 is 0. The topological polar surface area (TPSA) is 113 Å². The van der Waals surface area contributed by atoms with Gasteiger partial charge in [0.15, 0.2) is 0 Å². The third-order valence-electron chi connectivity index (χ3n) is 4.18. The zero-order valence-corrected chi connectivity index (χ0v) is 14.4. The van der Waals surface area contributed by atoms with Crippen molar-refractivity contribution in [1.29, 1.82) is 0 Å². The Morgan fingerprint density at radius 1 is 1.17 bits per heavy atom. The number of rotatable bonds is 10. The van der Waals surface area contributed by atoms with Crippen molar-refractivity contribution in [2.45, 2.75) is 57.5 Å². The van der Waals surface area contributed by atoms with Gasteiger partial charge in [-0.15, -0.1) is 0 Å². The van der Waals surface area contributed by atoms with Gasteiger partial charge in [-0.1, -0.05) is 13.3 Å². The minimum Gasteiger partial charge on any atom is -0.355 e. The van der Waals surface area contributed by atoms with Gasteiger partial charge in [-0.05, 0) is 32.1 Å². The van der Waals surface area contributed by atoms with E-state index >= 15 is 0 Å². The molecule has 1 aliphatic heterocycles. The van der Waals surface area contributed by atoms with Crippen molar-refractivity contribution in [3.05, 3.63) is 0 Å². The molecule has 134 valence electrons. The third-order valence-corrected chi connectivity index (χ3v) is 4.18. The summed E-state index contributed by atoms with van der Waals surface area (Å²) in [5.74, 6) is -0.0733. The van der Waals surface area contributed by atoms with Crippen LogP contribution in [0.2, 0.25) is 0 Å². The molecule has 0 radical (unpaired) electrons. The number of amides is 2. The molecule has 7 heteroatoms. The van der Waals surface area contributed by atoms with Gasteiger partial charge in [0.05, 0.1) is 12.6 Å². The van der Waals surface area contributed by atoms with E-state index in [4.69, 9.17) is 11.5 Å². The lowest BCUT2D eigenvalue weighted by Crippen LogP contribution is -2.45. The lowest BCUT2D eigenvalue weighted by Gasteiger charge is -2.29. The van der Waals surface area contributed by atoms with Crippen LogP contribution in [0.3, 0.4) is 0 Å². The maximum Gasteiger partial charge on any atom is 0.236 e. The number of piperidine rings is 1. The van der Waals surface area contributed by atoms with Crippen molar-refractivity contribution >= 4 is 11.8 Å². The Kier molecular flexibility index (Phi) is 9.82. The molecule has 1 aliphatic rings.